The largest absolute Gasteiger partial charge is 0.488 e. The van der Waals surface area contributed by atoms with Gasteiger partial charge >= 0.3 is 0 Å². The lowest BCUT2D eigenvalue weighted by molar-refractivity contribution is -0.111. The summed E-state index contributed by atoms with van der Waals surface area (Å²) in [6.07, 6.45) is -0.527. The van der Waals surface area contributed by atoms with Crippen LogP contribution < -0.4 is 19.5 Å². The van der Waals surface area contributed by atoms with Gasteiger partial charge in [0.1, 0.15) is 12.4 Å². The van der Waals surface area contributed by atoms with Crippen LogP contribution in [0.5, 0.6) is 5.75 Å². The Balaban J connectivity index is 1.60. The molecule has 1 heterocycles. The minimum Gasteiger partial charge on any atom is -0.488 e. The van der Waals surface area contributed by atoms with E-state index >= 15 is 0 Å². The maximum atomic E-state index is 13.1. The third-order valence-electron chi connectivity index (χ3n) is 7.16. The van der Waals surface area contributed by atoms with Crippen LogP contribution in [0.15, 0.2) is 96.1 Å². The normalized spacial score (nSPS) is 14.6. The molecule has 0 unspecified atom stereocenters. The molecule has 1 aliphatic heterocycles. The number of Topliss-reactive ketones (excluding diaryl/α,β-unsaturated/α-hetero) is 1. The van der Waals surface area contributed by atoms with Gasteiger partial charge in [0.05, 0.1) is 5.69 Å². The Bertz CT molecular complexity index is 1590. The fraction of sp³-hybridized carbons (Fsp3) is 0.212. The van der Waals surface area contributed by atoms with E-state index in [0.717, 1.165) is 41.3 Å². The zero-order valence-electron chi connectivity index (χ0n) is 23.6. The highest BCUT2D eigenvalue weighted by Gasteiger charge is 2.40. The van der Waals surface area contributed by atoms with Gasteiger partial charge in [-0.25, -0.2) is 5.01 Å². The van der Waals surface area contributed by atoms with Crippen LogP contribution in [0.25, 0.3) is 0 Å². The van der Waals surface area contributed by atoms with Gasteiger partial charge in [0.15, 0.2) is 17.8 Å². The molecule has 0 saturated heterocycles. The molecule has 0 spiro atoms. The Morgan fingerprint density at radius 1 is 0.857 bits per heavy atom. The quantitative estimate of drug-likeness (QED) is 0.177. The number of hydrazone groups is 1. The van der Waals surface area contributed by atoms with Crippen molar-refractivity contribution in [1.29, 1.82) is 0 Å². The molecule has 42 heavy (non-hydrogen) atoms. The number of hydrogen-bond acceptors (Lipinski definition) is 6. The van der Waals surface area contributed by atoms with Gasteiger partial charge in [-0.05, 0) is 80.6 Å². The number of benzene rings is 4. The third-order valence-corrected chi connectivity index (χ3v) is 8.00. The van der Waals surface area contributed by atoms with Crippen LogP contribution in [-0.2, 0) is 11.4 Å². The lowest BCUT2D eigenvalue weighted by Crippen LogP contribution is -2.38. The molecule has 9 heteroatoms. The molecule has 1 aliphatic rings. The SMILES string of the molecule is CCN(CC)c1ccc(N2C(C(C)=O)=NN(c3ccc(Cl)cc3)[C@@H]2c2ccccc2OCc2ccc(Cl)cc2Cl)cc1. The first kappa shape index (κ1) is 29.8. The Morgan fingerprint density at radius 3 is 2.14 bits per heavy atom. The number of carbonyl (C=O) groups is 1. The lowest BCUT2D eigenvalue weighted by atomic mass is 10.1. The molecule has 1 atom stereocenters. The molecule has 0 N–H and O–H groups in total. The number of ketones is 1. The number of anilines is 3. The van der Waals surface area contributed by atoms with Crippen molar-refractivity contribution in [2.24, 2.45) is 5.10 Å². The summed E-state index contributed by atoms with van der Waals surface area (Å²) in [5, 5.41) is 8.39. The molecular weight excluding hydrogens is 591 g/mol. The molecule has 6 nitrogen and oxygen atoms in total. The van der Waals surface area contributed by atoms with E-state index in [1.807, 2.05) is 76.6 Å². The lowest BCUT2D eigenvalue weighted by Gasteiger charge is -2.33. The van der Waals surface area contributed by atoms with Crippen molar-refractivity contribution in [3.05, 3.63) is 117 Å². The summed E-state index contributed by atoms with van der Waals surface area (Å²) in [5.41, 5.74) is 4.35. The second kappa shape index (κ2) is 13.1. The minimum absolute atomic E-state index is 0.157. The summed E-state index contributed by atoms with van der Waals surface area (Å²) in [5.74, 6) is 0.800. The van der Waals surface area contributed by atoms with Crippen LogP contribution >= 0.6 is 34.8 Å². The van der Waals surface area contributed by atoms with Crippen molar-refractivity contribution in [2.75, 3.05) is 27.9 Å². The smallest absolute Gasteiger partial charge is 0.198 e. The van der Waals surface area contributed by atoms with Crippen LogP contribution in [0.3, 0.4) is 0 Å². The summed E-state index contributed by atoms with van der Waals surface area (Å²) in [7, 11) is 0. The molecule has 0 aliphatic carbocycles. The van der Waals surface area contributed by atoms with Crippen LogP contribution in [0.4, 0.5) is 17.1 Å². The van der Waals surface area contributed by atoms with Crippen LogP contribution in [-0.4, -0.2) is 24.7 Å². The molecule has 0 aromatic heterocycles. The van der Waals surface area contributed by atoms with Gasteiger partial charge in [0, 0.05) is 57.6 Å². The summed E-state index contributed by atoms with van der Waals surface area (Å²) in [6, 6.07) is 28.7. The molecule has 4 aromatic rings. The van der Waals surface area contributed by atoms with Crippen molar-refractivity contribution in [3.8, 4) is 5.75 Å². The minimum atomic E-state index is -0.527. The monoisotopic (exact) mass is 620 g/mol. The van der Waals surface area contributed by atoms with E-state index < -0.39 is 6.17 Å². The molecule has 0 fully saturated rings. The van der Waals surface area contributed by atoms with E-state index in [2.05, 4.69) is 30.9 Å². The van der Waals surface area contributed by atoms with E-state index in [9.17, 15) is 4.79 Å². The van der Waals surface area contributed by atoms with Gasteiger partial charge < -0.3 is 9.64 Å². The fourth-order valence-corrected chi connectivity index (χ4v) is 5.62. The molecule has 0 bridgehead atoms. The average Bonchev–Trinajstić information content (AvgIpc) is 3.39. The molecular formula is C33H31Cl3N4O2. The summed E-state index contributed by atoms with van der Waals surface area (Å²) in [4.78, 5) is 17.3. The maximum Gasteiger partial charge on any atom is 0.198 e. The van der Waals surface area contributed by atoms with Crippen molar-refractivity contribution in [3.63, 3.8) is 0 Å². The van der Waals surface area contributed by atoms with E-state index in [0.29, 0.717) is 26.7 Å². The zero-order chi connectivity index (χ0) is 29.8. The molecule has 5 rings (SSSR count). The fourth-order valence-electron chi connectivity index (χ4n) is 5.03. The average molecular weight is 622 g/mol. The predicted octanol–water partition coefficient (Wildman–Crippen LogP) is 9.00. The second-order valence-electron chi connectivity index (χ2n) is 9.80. The highest BCUT2D eigenvalue weighted by molar-refractivity contribution is 6.44. The van der Waals surface area contributed by atoms with E-state index in [-0.39, 0.29) is 12.4 Å². The molecule has 4 aromatic carbocycles. The summed E-state index contributed by atoms with van der Waals surface area (Å²) >= 11 is 18.8. The Hall–Kier alpha value is -3.71. The Kier molecular flexibility index (Phi) is 9.27. The molecule has 0 saturated carbocycles. The first-order chi connectivity index (χ1) is 20.3. The van der Waals surface area contributed by atoms with Gasteiger partial charge in [-0.15, -0.1) is 5.10 Å². The first-order valence-electron chi connectivity index (χ1n) is 13.7. The van der Waals surface area contributed by atoms with Gasteiger partial charge in [-0.2, -0.15) is 0 Å². The molecule has 216 valence electrons. The number of halogens is 3. The van der Waals surface area contributed by atoms with Gasteiger partial charge in [-0.3, -0.25) is 9.69 Å². The Morgan fingerprint density at radius 2 is 1.50 bits per heavy atom. The standard InChI is InChI=1S/C33H31Cl3N4O2/c1-4-38(5-2)26-16-18-27(19-17-26)39-32(22(3)41)37-40(28-14-12-24(34)13-15-28)33(39)29-8-6-7-9-31(29)42-21-23-10-11-25(35)20-30(23)36/h6-20,33H,4-5,21H2,1-3H3/t33-/m1/s1. The van der Waals surface area contributed by atoms with Crippen LogP contribution in [0.1, 0.15) is 38.1 Å². The summed E-state index contributed by atoms with van der Waals surface area (Å²) in [6.45, 7) is 7.83. The highest BCUT2D eigenvalue weighted by Crippen LogP contribution is 2.43. The number of rotatable bonds is 10. The van der Waals surface area contributed by atoms with E-state index in [4.69, 9.17) is 44.6 Å². The van der Waals surface area contributed by atoms with Gasteiger partial charge in [-0.1, -0.05) is 59.1 Å². The number of amidine groups is 1. The maximum absolute atomic E-state index is 13.1. The number of para-hydroxylation sites is 1. The summed E-state index contributed by atoms with van der Waals surface area (Å²) < 4.78 is 6.37. The predicted molar refractivity (Wildman–Crippen MR) is 175 cm³/mol. The van der Waals surface area contributed by atoms with Crippen molar-refractivity contribution in [2.45, 2.75) is 33.5 Å². The number of hydrogen-bond donors (Lipinski definition) is 0. The third kappa shape index (κ3) is 6.21. The number of ether oxygens (including phenoxy) is 1. The van der Waals surface area contributed by atoms with Gasteiger partial charge in [0.2, 0.25) is 0 Å². The van der Waals surface area contributed by atoms with E-state index in [1.165, 1.54) is 6.92 Å². The van der Waals surface area contributed by atoms with Gasteiger partial charge in [0.25, 0.3) is 0 Å². The van der Waals surface area contributed by atoms with Crippen molar-refractivity contribution in [1.82, 2.24) is 0 Å². The molecule has 0 radical (unpaired) electrons. The Labute approximate surface area is 261 Å². The zero-order valence-corrected chi connectivity index (χ0v) is 25.9. The van der Waals surface area contributed by atoms with Crippen molar-refractivity contribution < 1.29 is 9.53 Å². The highest BCUT2D eigenvalue weighted by atomic mass is 35.5. The number of nitrogens with zero attached hydrogens (tertiary/aromatic N) is 4. The molecule has 0 amide bonds. The van der Waals surface area contributed by atoms with E-state index in [1.54, 1.807) is 12.1 Å². The van der Waals surface area contributed by atoms with Crippen molar-refractivity contribution >= 4 is 63.5 Å². The van der Waals surface area contributed by atoms with Crippen LogP contribution in [0, 0.1) is 0 Å². The topological polar surface area (TPSA) is 48.4 Å². The first-order valence-corrected chi connectivity index (χ1v) is 14.9. The van der Waals surface area contributed by atoms with Crippen LogP contribution in [0.2, 0.25) is 15.1 Å². The second-order valence-corrected chi connectivity index (χ2v) is 11.1. The number of carbonyl (C=O) groups excluding carboxylic acids is 1.